The van der Waals surface area contributed by atoms with Gasteiger partial charge < -0.3 is 40.7 Å². The van der Waals surface area contributed by atoms with Crippen molar-refractivity contribution in [3.63, 3.8) is 0 Å². The maximum Gasteiger partial charge on any atom is 2.00 e. The Bertz CT molecular complexity index is 2820. The second-order valence-electron chi connectivity index (χ2n) is 14.9. The molecule has 0 spiro atoms. The number of carbonyl (C=O) groups excluding carboxylic acids is 2. The first-order valence-corrected chi connectivity index (χ1v) is 19.6. The topological polar surface area (TPSA) is 193 Å². The summed E-state index contributed by atoms with van der Waals surface area (Å²) in [7, 11) is -3.33. The minimum atomic E-state index is -1.67. The average Bonchev–Trinajstić information content (AvgIpc) is 3.88. The number of hydrogen-bond acceptors (Lipinski definition) is 8. The minimum Gasteiger partial charge on any atom is -0.657 e. The van der Waals surface area contributed by atoms with Crippen molar-refractivity contribution in [2.75, 3.05) is 10.6 Å². The number of anilines is 2. The molecule has 0 radical (unpaired) electrons. The molecular weight excluding hydrogens is 813 g/mol. The van der Waals surface area contributed by atoms with Gasteiger partial charge >= 0.3 is 30.7 Å². The third kappa shape index (κ3) is 9.47. The van der Waals surface area contributed by atoms with E-state index in [-0.39, 0.29) is 52.1 Å². The fourth-order valence-corrected chi connectivity index (χ4v) is 7.63. The summed E-state index contributed by atoms with van der Waals surface area (Å²) in [6, 6.07) is 20.5. The fraction of sp³-hybridized carbons (Fsp3) is 0.174. The Kier molecular flexibility index (Phi) is 13.6. The molecular formula is C46H44B2N6NiO6. The van der Waals surface area contributed by atoms with Crippen molar-refractivity contribution in [2.24, 2.45) is 0 Å². The van der Waals surface area contributed by atoms with Crippen molar-refractivity contribution < 1.29 is 46.2 Å². The zero-order chi connectivity index (χ0) is 42.8. The summed E-state index contributed by atoms with van der Waals surface area (Å²) >= 11 is 0. The maximum atomic E-state index is 13.3. The molecule has 5 aromatic rings. The first kappa shape index (κ1) is 44.5. The Hall–Kier alpha value is -6.08. The van der Waals surface area contributed by atoms with Crippen molar-refractivity contribution in [2.45, 2.75) is 53.4 Å². The van der Waals surface area contributed by atoms with Crippen molar-refractivity contribution in [1.82, 2.24) is 19.9 Å². The van der Waals surface area contributed by atoms with Crippen LogP contribution in [-0.2, 0) is 32.5 Å². The summed E-state index contributed by atoms with van der Waals surface area (Å²) in [5.74, 6) is -0.531. The molecule has 0 aliphatic carbocycles. The van der Waals surface area contributed by atoms with Gasteiger partial charge in [-0.25, -0.2) is 9.97 Å². The van der Waals surface area contributed by atoms with Crippen LogP contribution in [0.3, 0.4) is 0 Å². The molecule has 0 saturated carbocycles. The van der Waals surface area contributed by atoms with E-state index in [1.165, 1.54) is 12.1 Å². The van der Waals surface area contributed by atoms with E-state index in [0.717, 1.165) is 61.5 Å². The molecule has 12 nitrogen and oxygen atoms in total. The second-order valence-corrected chi connectivity index (χ2v) is 14.9. The van der Waals surface area contributed by atoms with Gasteiger partial charge in [-0.05, 0) is 98.0 Å². The van der Waals surface area contributed by atoms with Crippen molar-refractivity contribution in [3.05, 3.63) is 137 Å². The van der Waals surface area contributed by atoms with Gasteiger partial charge in [0.15, 0.2) is 0 Å². The third-order valence-electron chi connectivity index (χ3n) is 11.0. The monoisotopic (exact) mass is 856 g/mol. The Morgan fingerprint density at radius 3 is 1.74 bits per heavy atom. The molecule has 5 heterocycles. The number of benzene rings is 2. The number of aryl methyl sites for hydroxylation is 3. The Morgan fingerprint density at radius 2 is 1.15 bits per heavy atom. The third-order valence-corrected chi connectivity index (χ3v) is 11.0. The van der Waals surface area contributed by atoms with Crippen LogP contribution in [0.15, 0.2) is 92.0 Å². The molecule has 6 N–H and O–H groups in total. The van der Waals surface area contributed by atoms with Crippen LogP contribution in [0.4, 0.5) is 11.4 Å². The molecule has 61 heavy (non-hydrogen) atoms. The van der Waals surface area contributed by atoms with E-state index in [1.807, 2.05) is 52.0 Å². The molecule has 2 amide bonds. The molecule has 7 rings (SSSR count). The van der Waals surface area contributed by atoms with Gasteiger partial charge in [0.2, 0.25) is 11.8 Å². The molecule has 8 bridgehead atoms. The van der Waals surface area contributed by atoms with E-state index in [1.54, 1.807) is 48.6 Å². The number of fused-ring (bicyclic) bond motifs is 8. The standard InChI is InChI=1S/C46H46B2N6O6.Ni/c1-7-33-25(3)37-21-38-27(5)35(15-17-45(55)49-31-13-9-11-29(19-31)47(57)58)43(53-38)24-44-36(16-18-46(56)50-32-14-10-12-30(20-32)48(59)60)28(6)40(54-44)23-42-34(8-2)26(4)39(52-42)22-41(33)51-37;/h7-14,19-24,57-60H,1-2,15-18H2,3-6H3,(H4,49,50,51,52,53,54,55,56);/q;+2/p-2. The van der Waals surface area contributed by atoms with Crippen LogP contribution in [-0.4, -0.2) is 56.1 Å². The Balaban J connectivity index is 0.00000622. The van der Waals surface area contributed by atoms with E-state index in [9.17, 15) is 29.7 Å². The Morgan fingerprint density at radius 1 is 0.639 bits per heavy atom. The normalized spacial score (nSPS) is 12.2. The number of nitrogens with one attached hydrogen (secondary N) is 2. The van der Waals surface area contributed by atoms with Gasteiger partial charge in [-0.1, -0.05) is 90.5 Å². The number of allylic oxidation sites excluding steroid dienone is 5. The summed E-state index contributed by atoms with van der Waals surface area (Å²) < 4.78 is 0. The fourth-order valence-electron chi connectivity index (χ4n) is 7.63. The van der Waals surface area contributed by atoms with Gasteiger partial charge in [0.25, 0.3) is 0 Å². The van der Waals surface area contributed by atoms with Gasteiger partial charge in [-0.15, -0.1) is 22.1 Å². The van der Waals surface area contributed by atoms with E-state index in [4.69, 9.17) is 19.9 Å². The zero-order valence-corrected chi connectivity index (χ0v) is 35.2. The summed E-state index contributed by atoms with van der Waals surface area (Å²) in [4.78, 5) is 47.0. The predicted octanol–water partition coefficient (Wildman–Crippen LogP) is 5.23. The summed E-state index contributed by atoms with van der Waals surface area (Å²) in [5, 5.41) is 44.2. The van der Waals surface area contributed by atoms with E-state index in [0.29, 0.717) is 52.2 Å². The molecule has 2 aromatic carbocycles. The first-order valence-electron chi connectivity index (χ1n) is 19.6. The largest absolute Gasteiger partial charge is 2.00 e. The van der Waals surface area contributed by atoms with Crippen LogP contribution in [0.2, 0.25) is 0 Å². The number of hydrogen-bond donors (Lipinski definition) is 6. The molecule has 0 unspecified atom stereocenters. The molecule has 3 aromatic heterocycles. The second kappa shape index (κ2) is 18.7. The minimum absolute atomic E-state index is 0. The van der Waals surface area contributed by atoms with Crippen LogP contribution in [0, 0.1) is 13.8 Å². The maximum absolute atomic E-state index is 13.3. The van der Waals surface area contributed by atoms with Crippen LogP contribution in [0.25, 0.3) is 50.4 Å². The molecule has 2 aliphatic rings. The predicted molar refractivity (Wildman–Crippen MR) is 241 cm³/mol. The van der Waals surface area contributed by atoms with E-state index < -0.39 is 14.2 Å². The van der Waals surface area contributed by atoms with Crippen LogP contribution >= 0.6 is 0 Å². The number of amides is 2. The summed E-state index contributed by atoms with van der Waals surface area (Å²) in [6.45, 7) is 16.1. The zero-order valence-electron chi connectivity index (χ0n) is 34.2. The van der Waals surface area contributed by atoms with Gasteiger partial charge in [0.1, 0.15) is 0 Å². The summed E-state index contributed by atoms with van der Waals surface area (Å²) in [5.41, 5.74) is 13.9. The van der Waals surface area contributed by atoms with Crippen molar-refractivity contribution >= 4 is 98.8 Å². The van der Waals surface area contributed by atoms with Gasteiger partial charge in [-0.3, -0.25) is 9.59 Å². The van der Waals surface area contributed by atoms with E-state index in [2.05, 4.69) is 23.8 Å². The van der Waals surface area contributed by atoms with Gasteiger partial charge in [0.05, 0.1) is 22.8 Å². The SMILES string of the molecule is C=CC1=C(C)c2cc3[n-]c(cc4nc(cc5[n-]c(cc1n2)c(C)c5C=C)C(C)=C4CCC(=O)Nc1cccc(B(O)O)c1)c(CCC(=O)Nc1cccc(B(O)O)c1)c3C.[Ni+2]. The van der Waals surface area contributed by atoms with Crippen molar-refractivity contribution in [3.8, 4) is 0 Å². The van der Waals surface area contributed by atoms with Gasteiger partial charge in [-0.2, -0.15) is 0 Å². The molecule has 0 atom stereocenters. The number of nitrogens with zero attached hydrogens (tertiary/aromatic N) is 4. The molecule has 15 heteroatoms. The number of carbonyl (C=O) groups is 2. The molecule has 2 aliphatic heterocycles. The first-order chi connectivity index (χ1) is 28.7. The quantitative estimate of drug-likeness (QED) is 0.0907. The van der Waals surface area contributed by atoms with Crippen LogP contribution in [0.5, 0.6) is 0 Å². The molecule has 310 valence electrons. The van der Waals surface area contributed by atoms with Gasteiger partial charge in [0, 0.05) is 29.8 Å². The van der Waals surface area contributed by atoms with Crippen molar-refractivity contribution in [1.29, 1.82) is 0 Å². The number of rotatable bonds is 12. The Labute approximate surface area is 364 Å². The molecule has 0 fully saturated rings. The van der Waals surface area contributed by atoms with Crippen LogP contribution < -0.4 is 31.5 Å². The number of aromatic nitrogens is 4. The summed E-state index contributed by atoms with van der Waals surface area (Å²) in [6.07, 6.45) is 4.45. The average molecular weight is 857 g/mol. The smallest absolute Gasteiger partial charge is 0.657 e. The van der Waals surface area contributed by atoms with E-state index >= 15 is 0 Å². The molecule has 0 saturated heterocycles. The van der Waals surface area contributed by atoms with Crippen LogP contribution in [0.1, 0.15) is 78.1 Å².